The summed E-state index contributed by atoms with van der Waals surface area (Å²) in [5, 5.41) is 11.7. The van der Waals surface area contributed by atoms with E-state index in [4.69, 9.17) is 25.2 Å². The van der Waals surface area contributed by atoms with E-state index in [1.54, 1.807) is 92.5 Å². The Labute approximate surface area is 580 Å². The lowest BCUT2D eigenvalue weighted by molar-refractivity contribution is -0.144. The fourth-order valence-electron chi connectivity index (χ4n) is 7.97. The Bertz CT molecular complexity index is 2770. The fraction of sp³-hybridized carbons (Fsp3) is 0.548. The van der Waals surface area contributed by atoms with E-state index in [1.165, 1.54) is 0 Å². The van der Waals surface area contributed by atoms with Crippen LogP contribution in [0, 0.1) is 3.70 Å². The first kappa shape index (κ1) is 85.0. The van der Waals surface area contributed by atoms with Gasteiger partial charge < -0.3 is 44.9 Å². The van der Waals surface area contributed by atoms with Crippen molar-refractivity contribution in [1.82, 2.24) is 65.3 Å². The summed E-state index contributed by atoms with van der Waals surface area (Å²) in [6.07, 6.45) is 40.8. The average molecular weight is 1530 g/mol. The zero-order chi connectivity index (χ0) is 65.7. The van der Waals surface area contributed by atoms with Crippen LogP contribution in [0.15, 0.2) is 99.1 Å². The van der Waals surface area contributed by atoms with Gasteiger partial charge in [0.2, 0.25) is 5.91 Å². The first-order chi connectivity index (χ1) is 43.8. The average Bonchev–Trinajstić information content (AvgIpc) is 1.00. The molecule has 0 aromatic carbocycles. The number of nitrogens with one attached hydrogen (secondary N) is 2. The Hall–Kier alpha value is -6.97. The summed E-state index contributed by atoms with van der Waals surface area (Å²) in [6.45, 7) is 10.0. The summed E-state index contributed by atoms with van der Waals surface area (Å²) in [4.78, 5) is 102. The predicted octanol–water partition coefficient (Wildman–Crippen LogP) is 10.9. The molecule has 0 aliphatic carbocycles. The lowest BCUT2D eigenvalue weighted by Gasteiger charge is -2.23. The van der Waals surface area contributed by atoms with Crippen LogP contribution in [-0.4, -0.2) is 163 Å². The SMILES string of the molecule is CCOC(=O)CCCCCCN.CCOC(=O)CCCCCCN(c1cnccn1)c1cc(N(C)C)ncn1.CCOC(=O)CCCCCCNc1cnccn1.CN(C)c1cc(N(CCCCCCC(=O)NO)c2cnccn2)ncn1.Cl.I.Ic1cnccn1. The van der Waals surface area contributed by atoms with E-state index < -0.39 is 0 Å². The summed E-state index contributed by atoms with van der Waals surface area (Å²) in [7, 11) is 7.76. The summed E-state index contributed by atoms with van der Waals surface area (Å²) in [6, 6.07) is 3.86. The highest BCUT2D eigenvalue weighted by molar-refractivity contribution is 14.1. The second-order valence-electron chi connectivity index (χ2n) is 20.1. The highest BCUT2D eigenvalue weighted by Crippen LogP contribution is 2.25. The number of hydrogen-bond donors (Lipinski definition) is 4. The van der Waals surface area contributed by atoms with Crippen molar-refractivity contribution in [3.63, 3.8) is 0 Å². The molecule has 0 saturated carbocycles. The molecule has 6 aromatic heterocycles. The third kappa shape index (κ3) is 42.2. The van der Waals surface area contributed by atoms with E-state index in [0.717, 1.165) is 173 Å². The third-order valence-electron chi connectivity index (χ3n) is 12.5. The number of hydroxylamine groups is 1. The molecule has 27 nitrogen and oxygen atoms in total. The van der Waals surface area contributed by atoms with Gasteiger partial charge in [0.05, 0.1) is 44.6 Å². The number of carbonyl (C=O) groups is 4. The second-order valence-corrected chi connectivity index (χ2v) is 21.2. The van der Waals surface area contributed by atoms with Crippen LogP contribution in [0.25, 0.3) is 0 Å². The number of nitrogens with zero attached hydrogens (tertiary/aromatic N) is 16. The Morgan fingerprint density at radius 3 is 1.20 bits per heavy atom. The monoisotopic (exact) mass is 1530 g/mol. The molecule has 0 saturated heterocycles. The van der Waals surface area contributed by atoms with E-state index in [2.05, 4.69) is 87.7 Å². The third-order valence-corrected chi connectivity index (χ3v) is 13.1. The summed E-state index contributed by atoms with van der Waals surface area (Å²) in [5.74, 6) is 4.89. The van der Waals surface area contributed by atoms with Crippen LogP contribution in [0.1, 0.15) is 149 Å². The molecule has 1 amide bonds. The first-order valence-corrected chi connectivity index (χ1v) is 31.9. The number of nitrogens with two attached hydrogens (primary N) is 1. The maximum absolute atomic E-state index is 11.4. The van der Waals surface area contributed by atoms with Crippen LogP contribution in [0.4, 0.5) is 40.7 Å². The van der Waals surface area contributed by atoms with Crippen molar-refractivity contribution in [2.24, 2.45) is 5.73 Å². The van der Waals surface area contributed by atoms with Gasteiger partial charge in [-0.05, 0) is 101 Å². The molecule has 6 heterocycles. The molecule has 510 valence electrons. The van der Waals surface area contributed by atoms with Gasteiger partial charge in [0.15, 0.2) is 11.6 Å². The number of carbonyl (C=O) groups excluding carboxylic acids is 4. The van der Waals surface area contributed by atoms with Crippen LogP contribution in [0.3, 0.4) is 0 Å². The van der Waals surface area contributed by atoms with Crippen molar-refractivity contribution in [2.45, 2.75) is 149 Å². The van der Waals surface area contributed by atoms with Gasteiger partial charge in [-0.25, -0.2) is 45.4 Å². The lowest BCUT2D eigenvalue weighted by atomic mass is 10.1. The van der Waals surface area contributed by atoms with Crippen molar-refractivity contribution in [3.8, 4) is 0 Å². The van der Waals surface area contributed by atoms with Crippen LogP contribution in [-0.2, 0) is 33.4 Å². The van der Waals surface area contributed by atoms with Crippen molar-refractivity contribution in [2.75, 3.05) is 99.1 Å². The van der Waals surface area contributed by atoms with Gasteiger partial charge in [0, 0.05) is 135 Å². The molecule has 0 fully saturated rings. The van der Waals surface area contributed by atoms with Gasteiger partial charge in [-0.15, -0.1) is 36.4 Å². The highest BCUT2D eigenvalue weighted by atomic mass is 127. The molecule has 0 aliphatic heterocycles. The molecule has 92 heavy (non-hydrogen) atoms. The molecule has 5 N–H and O–H groups in total. The topological polar surface area (TPSA) is 334 Å². The minimum Gasteiger partial charge on any atom is -0.466 e. The molecule has 6 aromatic rings. The predicted molar refractivity (Wildman–Crippen MR) is 380 cm³/mol. The van der Waals surface area contributed by atoms with Crippen molar-refractivity contribution in [1.29, 1.82) is 0 Å². The Morgan fingerprint density at radius 2 is 0.848 bits per heavy atom. The van der Waals surface area contributed by atoms with Crippen LogP contribution in [0.5, 0.6) is 0 Å². The zero-order valence-electron chi connectivity index (χ0n) is 54.6. The smallest absolute Gasteiger partial charge is 0.305 e. The van der Waals surface area contributed by atoms with E-state index in [1.807, 2.05) is 80.7 Å². The van der Waals surface area contributed by atoms with Gasteiger partial charge in [0.1, 0.15) is 45.4 Å². The number of esters is 3. The highest BCUT2D eigenvalue weighted by Gasteiger charge is 2.16. The van der Waals surface area contributed by atoms with Gasteiger partial charge in [-0.1, -0.05) is 51.4 Å². The molecule has 0 unspecified atom stereocenters. The van der Waals surface area contributed by atoms with Crippen molar-refractivity contribution in [3.05, 3.63) is 103 Å². The minimum absolute atomic E-state index is 0. The summed E-state index contributed by atoms with van der Waals surface area (Å²) >= 11 is 2.11. The van der Waals surface area contributed by atoms with E-state index in [9.17, 15) is 19.2 Å². The standard InChI is InChI=1S/C19H28N6O2.C17H25N7O2.C13H21N3O2.C9H19NO2.C4H3IN2.ClH.HI/c1-4-27-19(26)9-7-5-6-8-12-25(18-14-20-10-11-21-18)17-13-16(24(2)3)22-15-23-17;1-23(2)14-11-15(21-13-20-14)24(16-12-18-8-9-19-16)10-6-4-3-5-7-17(25)22-26;1-2-18-13(17)7-5-3-4-6-8-15-12-11-14-9-10-16-12;1-2-12-9(11)7-5-3-4-6-8-10;5-4-3-6-1-2-7-4;;/h10-11,13-15H,4-9,12H2,1-3H3;8-9,11-13,26H,3-7,10H2,1-2H3,(H,22,25);9-11H,2-8H2,1H3,(H,15,16);2-8,10H2,1H3;1-3H;2*1H. The number of rotatable bonds is 37. The molecular weight excluding hydrogens is 1430 g/mol. The van der Waals surface area contributed by atoms with Gasteiger partial charge in [-0.2, -0.15) is 0 Å². The Kier molecular flexibility index (Phi) is 52.5. The van der Waals surface area contributed by atoms with Gasteiger partial charge >= 0.3 is 17.9 Å². The number of hydrogen-bond acceptors (Lipinski definition) is 26. The van der Waals surface area contributed by atoms with Gasteiger partial charge in [0.25, 0.3) is 0 Å². The molecular formula is C62H98ClI2N19O8. The Balaban J connectivity index is 0.00000119. The van der Waals surface area contributed by atoms with Gasteiger partial charge in [-0.3, -0.25) is 44.3 Å². The molecule has 0 aliphatic rings. The molecule has 0 atom stereocenters. The molecule has 0 bridgehead atoms. The second kappa shape index (κ2) is 56.8. The lowest BCUT2D eigenvalue weighted by Crippen LogP contribution is -2.22. The largest absolute Gasteiger partial charge is 0.466 e. The van der Waals surface area contributed by atoms with Crippen LogP contribution < -0.4 is 36.1 Å². The van der Waals surface area contributed by atoms with Crippen LogP contribution >= 0.6 is 59.0 Å². The summed E-state index contributed by atoms with van der Waals surface area (Å²) in [5.41, 5.74) is 6.98. The van der Waals surface area contributed by atoms with E-state index in [0.29, 0.717) is 45.5 Å². The molecule has 6 rings (SSSR count). The number of halogens is 3. The zero-order valence-corrected chi connectivity index (χ0v) is 59.9. The minimum atomic E-state index is -0.344. The fourth-order valence-corrected chi connectivity index (χ4v) is 8.29. The van der Waals surface area contributed by atoms with E-state index in [-0.39, 0.29) is 60.2 Å². The number of ether oxygens (including phenoxy) is 3. The number of amides is 1. The molecule has 30 heteroatoms. The number of aromatic nitrogens is 12. The number of anilines is 7. The van der Waals surface area contributed by atoms with Crippen molar-refractivity contribution >= 4 is 124 Å². The molecule has 0 spiro atoms. The van der Waals surface area contributed by atoms with Crippen LogP contribution in [0.2, 0.25) is 0 Å². The maximum atomic E-state index is 11.4. The van der Waals surface area contributed by atoms with E-state index >= 15 is 0 Å². The quantitative estimate of drug-likeness (QED) is 0.00703. The van der Waals surface area contributed by atoms with Crippen molar-refractivity contribution < 1.29 is 38.6 Å². The molecule has 0 radical (unpaired) electrons. The maximum Gasteiger partial charge on any atom is 0.305 e. The first-order valence-electron chi connectivity index (χ1n) is 30.8. The summed E-state index contributed by atoms with van der Waals surface area (Å²) < 4.78 is 15.5. The Morgan fingerprint density at radius 1 is 0.467 bits per heavy atom. The normalized spacial score (nSPS) is 9.93. The number of unbranched alkanes of at least 4 members (excludes halogenated alkanes) is 12.